The van der Waals surface area contributed by atoms with Gasteiger partial charge in [0, 0.05) is 18.5 Å². The highest BCUT2D eigenvalue weighted by Gasteiger charge is 2.36. The molecule has 128 valence electrons. The molecule has 0 radical (unpaired) electrons. The first kappa shape index (κ1) is 16.8. The molecular formula is C19H16FNO4. The van der Waals surface area contributed by atoms with Crippen LogP contribution in [0, 0.1) is 5.82 Å². The Balaban J connectivity index is 1.75. The third kappa shape index (κ3) is 3.28. The van der Waals surface area contributed by atoms with Crippen LogP contribution in [0.2, 0.25) is 0 Å². The minimum atomic E-state index is -0.657. The molecule has 0 saturated carbocycles. The number of nitrogens with zero attached hydrogens (tertiary/aromatic N) is 1. The van der Waals surface area contributed by atoms with Gasteiger partial charge in [0.05, 0.1) is 17.9 Å². The third-order valence-electron chi connectivity index (χ3n) is 3.98. The number of rotatable bonds is 6. The maximum absolute atomic E-state index is 12.9. The smallest absolute Gasteiger partial charge is 0.299 e. The summed E-state index contributed by atoms with van der Waals surface area (Å²) in [6.45, 7) is 2.37. The number of hydrogen-bond acceptors (Lipinski definition) is 4. The molecule has 0 saturated heterocycles. The van der Waals surface area contributed by atoms with Crippen LogP contribution in [-0.2, 0) is 4.79 Å². The first-order chi connectivity index (χ1) is 12.0. The van der Waals surface area contributed by atoms with Gasteiger partial charge in [-0.15, -0.1) is 0 Å². The van der Waals surface area contributed by atoms with Gasteiger partial charge in [0.15, 0.2) is 5.78 Å². The lowest BCUT2D eigenvalue weighted by atomic mass is 10.1. The van der Waals surface area contributed by atoms with Crippen molar-refractivity contribution in [2.75, 3.05) is 18.1 Å². The van der Waals surface area contributed by atoms with Gasteiger partial charge in [0.1, 0.15) is 11.6 Å². The number of carbonyl (C=O) groups excluding carboxylic acids is 3. The Bertz CT molecular complexity index is 845. The van der Waals surface area contributed by atoms with Crippen molar-refractivity contribution >= 4 is 23.2 Å². The first-order valence-corrected chi connectivity index (χ1v) is 7.93. The van der Waals surface area contributed by atoms with Crippen LogP contribution in [0.3, 0.4) is 0 Å². The van der Waals surface area contributed by atoms with Crippen LogP contribution < -0.4 is 9.64 Å². The molecule has 2 aromatic carbocycles. The van der Waals surface area contributed by atoms with Crippen LogP contribution >= 0.6 is 0 Å². The highest BCUT2D eigenvalue weighted by atomic mass is 19.1. The monoisotopic (exact) mass is 341 g/mol. The summed E-state index contributed by atoms with van der Waals surface area (Å²) in [5.41, 5.74) is 1.13. The zero-order valence-electron chi connectivity index (χ0n) is 13.6. The molecule has 25 heavy (non-hydrogen) atoms. The molecule has 0 spiro atoms. The number of carbonyl (C=O) groups is 3. The Hall–Kier alpha value is -3.02. The number of ether oxygens (including phenoxy) is 1. The Morgan fingerprint density at radius 3 is 2.52 bits per heavy atom. The lowest BCUT2D eigenvalue weighted by Crippen LogP contribution is -2.31. The second-order valence-corrected chi connectivity index (χ2v) is 5.58. The van der Waals surface area contributed by atoms with Crippen molar-refractivity contribution in [2.24, 2.45) is 0 Å². The third-order valence-corrected chi connectivity index (χ3v) is 3.98. The van der Waals surface area contributed by atoms with Gasteiger partial charge in [-0.25, -0.2) is 4.39 Å². The van der Waals surface area contributed by atoms with E-state index in [9.17, 15) is 18.8 Å². The number of Topliss-reactive ketones (excluding diaryl/α,β-unsaturated/α-hetero) is 2. The van der Waals surface area contributed by atoms with Crippen molar-refractivity contribution in [2.45, 2.75) is 13.3 Å². The minimum absolute atomic E-state index is 0.0390. The quantitative estimate of drug-likeness (QED) is 0.598. The van der Waals surface area contributed by atoms with Crippen LogP contribution in [0.4, 0.5) is 10.1 Å². The maximum atomic E-state index is 12.9. The molecule has 0 aliphatic carbocycles. The summed E-state index contributed by atoms with van der Waals surface area (Å²) in [4.78, 5) is 37.8. The van der Waals surface area contributed by atoms with Crippen LogP contribution in [0.5, 0.6) is 5.75 Å². The van der Waals surface area contributed by atoms with Gasteiger partial charge in [0.2, 0.25) is 0 Å². The van der Waals surface area contributed by atoms with Gasteiger partial charge in [0.25, 0.3) is 11.7 Å². The van der Waals surface area contributed by atoms with E-state index < -0.39 is 17.5 Å². The first-order valence-electron chi connectivity index (χ1n) is 7.93. The summed E-state index contributed by atoms with van der Waals surface area (Å²) in [6.07, 6.45) is 0.0390. The minimum Gasteiger partial charge on any atom is -0.494 e. The van der Waals surface area contributed by atoms with Crippen LogP contribution in [0.25, 0.3) is 0 Å². The van der Waals surface area contributed by atoms with Gasteiger partial charge in [-0.2, -0.15) is 0 Å². The molecule has 2 aromatic rings. The molecule has 0 unspecified atom stereocenters. The zero-order valence-corrected chi connectivity index (χ0v) is 13.6. The summed E-state index contributed by atoms with van der Waals surface area (Å²) < 4.78 is 18.3. The van der Waals surface area contributed by atoms with E-state index >= 15 is 0 Å². The fraction of sp³-hybridized carbons (Fsp3) is 0.211. The molecular weight excluding hydrogens is 325 g/mol. The summed E-state index contributed by atoms with van der Waals surface area (Å²) in [5, 5.41) is 0. The average Bonchev–Trinajstić information content (AvgIpc) is 2.85. The molecule has 0 fully saturated rings. The van der Waals surface area contributed by atoms with Gasteiger partial charge < -0.3 is 9.64 Å². The molecule has 5 nitrogen and oxygen atoms in total. The lowest BCUT2D eigenvalue weighted by molar-refractivity contribution is -0.114. The van der Waals surface area contributed by atoms with Crippen molar-refractivity contribution in [1.29, 1.82) is 0 Å². The molecule has 1 amide bonds. The summed E-state index contributed by atoms with van der Waals surface area (Å²) >= 11 is 0. The van der Waals surface area contributed by atoms with Crippen molar-refractivity contribution in [3.8, 4) is 5.75 Å². The topological polar surface area (TPSA) is 63.7 Å². The molecule has 0 N–H and O–H groups in total. The molecule has 1 heterocycles. The normalized spacial score (nSPS) is 13.1. The standard InChI is InChI=1S/C19H16FNO4/c1-2-25-14-7-8-16-15(11-14)18(23)19(24)21(16)10-9-17(22)12-3-5-13(20)6-4-12/h3-8,11H,2,9-10H2,1H3. The second kappa shape index (κ2) is 6.84. The van der Waals surface area contributed by atoms with Crippen LogP contribution in [-0.4, -0.2) is 30.6 Å². The van der Waals surface area contributed by atoms with Gasteiger partial charge in [-0.05, 0) is 49.4 Å². The molecule has 0 aromatic heterocycles. The fourth-order valence-corrected chi connectivity index (χ4v) is 2.75. The highest BCUT2D eigenvalue weighted by Crippen LogP contribution is 2.32. The van der Waals surface area contributed by atoms with E-state index in [-0.39, 0.29) is 24.3 Å². The van der Waals surface area contributed by atoms with Gasteiger partial charge in [-0.1, -0.05) is 0 Å². The van der Waals surface area contributed by atoms with E-state index in [4.69, 9.17) is 4.74 Å². The number of halogens is 1. The Labute approximate surface area is 144 Å². The van der Waals surface area contributed by atoms with E-state index in [1.54, 1.807) is 18.2 Å². The van der Waals surface area contributed by atoms with E-state index in [0.717, 1.165) is 0 Å². The number of ketones is 2. The van der Waals surface area contributed by atoms with E-state index in [0.29, 0.717) is 23.6 Å². The van der Waals surface area contributed by atoms with Crippen molar-refractivity contribution in [1.82, 2.24) is 0 Å². The van der Waals surface area contributed by atoms with E-state index in [1.807, 2.05) is 6.92 Å². The van der Waals surface area contributed by atoms with Crippen LogP contribution in [0.1, 0.15) is 34.1 Å². The molecule has 0 atom stereocenters. The Morgan fingerprint density at radius 2 is 1.84 bits per heavy atom. The number of amides is 1. The summed E-state index contributed by atoms with van der Waals surface area (Å²) in [7, 11) is 0. The predicted molar refractivity (Wildman–Crippen MR) is 89.6 cm³/mol. The maximum Gasteiger partial charge on any atom is 0.299 e. The second-order valence-electron chi connectivity index (χ2n) is 5.58. The molecule has 3 rings (SSSR count). The molecule has 1 aliphatic heterocycles. The summed E-state index contributed by atoms with van der Waals surface area (Å²) in [6, 6.07) is 10.1. The number of benzene rings is 2. The highest BCUT2D eigenvalue weighted by molar-refractivity contribution is 6.52. The largest absolute Gasteiger partial charge is 0.494 e. The zero-order chi connectivity index (χ0) is 18.0. The van der Waals surface area contributed by atoms with Gasteiger partial charge in [-0.3, -0.25) is 14.4 Å². The molecule has 0 bridgehead atoms. The number of hydrogen-bond donors (Lipinski definition) is 0. The molecule has 6 heteroatoms. The SMILES string of the molecule is CCOc1ccc2c(c1)C(=O)C(=O)N2CCC(=O)c1ccc(F)cc1. The van der Waals surface area contributed by atoms with E-state index in [1.165, 1.54) is 29.2 Å². The molecule has 1 aliphatic rings. The summed E-state index contributed by atoms with van der Waals surface area (Å²) in [5.74, 6) is -1.39. The van der Waals surface area contributed by atoms with Crippen molar-refractivity contribution in [3.05, 3.63) is 59.4 Å². The van der Waals surface area contributed by atoms with Gasteiger partial charge >= 0.3 is 0 Å². The van der Waals surface area contributed by atoms with E-state index in [2.05, 4.69) is 0 Å². The number of fused-ring (bicyclic) bond motifs is 1. The number of anilines is 1. The predicted octanol–water partition coefficient (Wildman–Crippen LogP) is 3.03. The Kier molecular flexibility index (Phi) is 4.61. The average molecular weight is 341 g/mol. The van der Waals surface area contributed by atoms with Crippen molar-refractivity contribution < 1.29 is 23.5 Å². The van der Waals surface area contributed by atoms with Crippen molar-refractivity contribution in [3.63, 3.8) is 0 Å². The lowest BCUT2D eigenvalue weighted by Gasteiger charge is -2.16. The fourth-order valence-electron chi connectivity index (χ4n) is 2.75. The Morgan fingerprint density at radius 1 is 1.12 bits per heavy atom. The van der Waals surface area contributed by atoms with Crippen LogP contribution in [0.15, 0.2) is 42.5 Å².